The summed E-state index contributed by atoms with van der Waals surface area (Å²) in [4.78, 5) is 14.8. The molecule has 2 aromatic heterocycles. The number of ether oxygens (including phenoxy) is 1. The minimum Gasteiger partial charge on any atom is -0.618 e. The smallest absolute Gasteiger partial charge is 0.230 e. The number of tetrazole rings is 1. The Bertz CT molecular complexity index is 1800. The number of halogens is 1. The minimum absolute atomic E-state index is 0.0282. The fourth-order valence-electron chi connectivity index (χ4n) is 6.67. The lowest BCUT2D eigenvalue weighted by atomic mass is 9.84. The summed E-state index contributed by atoms with van der Waals surface area (Å²) in [5, 5.41) is 26.0. The van der Waals surface area contributed by atoms with Gasteiger partial charge in [-0.15, -0.1) is 5.10 Å². The van der Waals surface area contributed by atoms with Gasteiger partial charge in [-0.25, -0.2) is 0 Å². The molecule has 0 bridgehead atoms. The summed E-state index contributed by atoms with van der Waals surface area (Å²) in [5.41, 5.74) is 6.51. The zero-order valence-corrected chi connectivity index (χ0v) is 26.2. The molecule has 10 heteroatoms. The van der Waals surface area contributed by atoms with E-state index in [0.717, 1.165) is 65.9 Å². The van der Waals surface area contributed by atoms with Gasteiger partial charge in [-0.05, 0) is 83.0 Å². The SMILES string of the molecule is O=C(C1COC1)N1CCC(c2cccc([C@H](CCc3ccccc3)c3ccc(-c4cc(Cl)ccc4-n4cnnn4)c[n+]3[O-])c2)CC1. The number of hydrogen-bond acceptors (Lipinski definition) is 6. The third kappa shape index (κ3) is 6.38. The molecule has 0 saturated carbocycles. The van der Waals surface area contributed by atoms with E-state index in [0.29, 0.717) is 29.8 Å². The number of rotatable bonds is 9. The molecule has 0 radical (unpaired) electrons. The molecule has 2 saturated heterocycles. The molecular formula is C36H35ClN6O3. The first-order valence-electron chi connectivity index (χ1n) is 15.8. The highest BCUT2D eigenvalue weighted by molar-refractivity contribution is 6.31. The van der Waals surface area contributed by atoms with Gasteiger partial charge in [-0.2, -0.15) is 9.41 Å². The number of pyridine rings is 1. The van der Waals surface area contributed by atoms with Crippen LogP contribution in [-0.4, -0.2) is 57.3 Å². The zero-order valence-electron chi connectivity index (χ0n) is 25.4. The minimum atomic E-state index is -0.120. The number of aryl methyl sites for hydroxylation is 1. The number of amides is 1. The second-order valence-electron chi connectivity index (χ2n) is 12.2. The summed E-state index contributed by atoms with van der Waals surface area (Å²) in [7, 11) is 0. The summed E-state index contributed by atoms with van der Waals surface area (Å²) < 4.78 is 7.79. The van der Waals surface area contributed by atoms with Crippen LogP contribution >= 0.6 is 11.6 Å². The molecular weight excluding hydrogens is 600 g/mol. The Hall–Kier alpha value is -4.60. The molecule has 0 aliphatic carbocycles. The van der Waals surface area contributed by atoms with Gasteiger partial charge in [0.25, 0.3) is 0 Å². The number of benzene rings is 3. The van der Waals surface area contributed by atoms with E-state index in [1.54, 1.807) is 16.9 Å². The average Bonchev–Trinajstić information content (AvgIpc) is 3.60. The van der Waals surface area contributed by atoms with Crippen LogP contribution in [0, 0.1) is 11.1 Å². The first kappa shape index (κ1) is 30.1. The Kier molecular flexibility index (Phi) is 8.76. The van der Waals surface area contributed by atoms with E-state index < -0.39 is 0 Å². The van der Waals surface area contributed by atoms with Crippen LogP contribution in [0.15, 0.2) is 97.5 Å². The number of likely N-dealkylation sites (tertiary alicyclic amines) is 1. The van der Waals surface area contributed by atoms with Crippen molar-refractivity contribution in [1.82, 2.24) is 25.1 Å². The quantitative estimate of drug-likeness (QED) is 0.152. The van der Waals surface area contributed by atoms with Crippen molar-refractivity contribution < 1.29 is 14.3 Å². The van der Waals surface area contributed by atoms with Gasteiger partial charge in [-0.1, -0.05) is 66.2 Å². The van der Waals surface area contributed by atoms with Crippen LogP contribution in [-0.2, 0) is 16.0 Å². The maximum Gasteiger partial charge on any atom is 0.230 e. The lowest BCUT2D eigenvalue weighted by molar-refractivity contribution is -0.614. The Balaban J connectivity index is 1.18. The first-order valence-corrected chi connectivity index (χ1v) is 16.2. The monoisotopic (exact) mass is 634 g/mol. The number of carbonyl (C=O) groups is 1. The van der Waals surface area contributed by atoms with Crippen molar-refractivity contribution in [2.24, 2.45) is 5.92 Å². The maximum atomic E-state index is 13.9. The molecule has 9 nitrogen and oxygen atoms in total. The van der Waals surface area contributed by atoms with Crippen LogP contribution < -0.4 is 4.73 Å². The lowest BCUT2D eigenvalue weighted by Crippen LogP contribution is -2.47. The molecule has 2 aliphatic rings. The van der Waals surface area contributed by atoms with Crippen LogP contribution in [0.2, 0.25) is 5.02 Å². The standard InChI is InChI=1S/C36H35ClN6O3/c37-31-11-14-34(42-24-38-39-40-42)33(20-31)29-10-13-35(43(45)21-29)32(12-9-25-5-2-1-3-6-25)28-8-4-7-27(19-28)26-15-17-41(18-16-26)36(44)30-22-46-23-30/h1-8,10-11,13-14,19-21,24,26,30,32H,9,12,15-18,22-23H2/t32-/m0/s1. The molecule has 234 valence electrons. The van der Waals surface area contributed by atoms with Crippen LogP contribution in [0.3, 0.4) is 0 Å². The summed E-state index contributed by atoms with van der Waals surface area (Å²) in [5.74, 6) is 0.502. The van der Waals surface area contributed by atoms with Gasteiger partial charge in [0.1, 0.15) is 6.33 Å². The highest BCUT2D eigenvalue weighted by Crippen LogP contribution is 2.35. The van der Waals surface area contributed by atoms with Crippen molar-refractivity contribution in [3.8, 4) is 16.8 Å². The predicted molar refractivity (Wildman–Crippen MR) is 174 cm³/mol. The van der Waals surface area contributed by atoms with E-state index in [-0.39, 0.29) is 17.7 Å². The van der Waals surface area contributed by atoms with E-state index >= 15 is 0 Å². The Morgan fingerprint density at radius 1 is 1.00 bits per heavy atom. The van der Waals surface area contributed by atoms with Gasteiger partial charge in [0.05, 0.1) is 30.7 Å². The van der Waals surface area contributed by atoms with Gasteiger partial charge >= 0.3 is 0 Å². The summed E-state index contributed by atoms with van der Waals surface area (Å²) in [6.07, 6.45) is 6.60. The van der Waals surface area contributed by atoms with E-state index in [4.69, 9.17) is 16.3 Å². The molecule has 0 unspecified atom stereocenters. The van der Waals surface area contributed by atoms with Crippen molar-refractivity contribution >= 4 is 17.5 Å². The molecule has 2 aliphatic heterocycles. The van der Waals surface area contributed by atoms with E-state index in [9.17, 15) is 10.0 Å². The molecule has 1 amide bonds. The van der Waals surface area contributed by atoms with Gasteiger partial charge in [0, 0.05) is 35.3 Å². The molecule has 0 N–H and O–H groups in total. The van der Waals surface area contributed by atoms with Gasteiger partial charge < -0.3 is 14.8 Å². The molecule has 0 spiro atoms. The Morgan fingerprint density at radius 3 is 2.54 bits per heavy atom. The topological polar surface area (TPSA) is 100 Å². The van der Waals surface area contributed by atoms with Crippen LogP contribution in [0.4, 0.5) is 0 Å². The zero-order chi connectivity index (χ0) is 31.5. The second-order valence-corrected chi connectivity index (χ2v) is 12.6. The highest BCUT2D eigenvalue weighted by atomic mass is 35.5. The van der Waals surface area contributed by atoms with Crippen molar-refractivity contribution in [3.63, 3.8) is 0 Å². The third-order valence-corrected chi connectivity index (χ3v) is 9.54. The summed E-state index contributed by atoms with van der Waals surface area (Å²) >= 11 is 6.38. The van der Waals surface area contributed by atoms with E-state index in [1.807, 2.05) is 35.2 Å². The Morgan fingerprint density at radius 2 is 1.83 bits per heavy atom. The van der Waals surface area contributed by atoms with E-state index in [1.165, 1.54) is 17.5 Å². The maximum absolute atomic E-state index is 13.9. The van der Waals surface area contributed by atoms with Crippen LogP contribution in [0.1, 0.15) is 53.5 Å². The number of aromatic nitrogens is 5. The largest absolute Gasteiger partial charge is 0.618 e. The molecule has 2 fully saturated rings. The second kappa shape index (κ2) is 13.4. The van der Waals surface area contributed by atoms with Gasteiger partial charge in [0.15, 0.2) is 11.9 Å². The van der Waals surface area contributed by atoms with Crippen molar-refractivity contribution in [3.05, 3.63) is 130 Å². The molecule has 1 atom stereocenters. The Labute approximate surface area is 273 Å². The number of carbonyl (C=O) groups excluding carboxylic acids is 1. The van der Waals surface area contributed by atoms with Crippen LogP contribution in [0.5, 0.6) is 0 Å². The third-order valence-electron chi connectivity index (χ3n) is 9.31. The normalized spacial score (nSPS) is 16.2. The van der Waals surface area contributed by atoms with Gasteiger partial charge in [-0.3, -0.25) is 4.79 Å². The fourth-order valence-corrected chi connectivity index (χ4v) is 6.84. The van der Waals surface area contributed by atoms with Crippen molar-refractivity contribution in [2.75, 3.05) is 26.3 Å². The van der Waals surface area contributed by atoms with Gasteiger partial charge in [0.2, 0.25) is 5.91 Å². The molecule has 7 rings (SSSR count). The predicted octanol–water partition coefficient (Wildman–Crippen LogP) is 5.73. The molecule has 4 heterocycles. The average molecular weight is 635 g/mol. The van der Waals surface area contributed by atoms with Crippen LogP contribution in [0.25, 0.3) is 16.8 Å². The molecule has 46 heavy (non-hydrogen) atoms. The first-order chi connectivity index (χ1) is 22.5. The molecule has 3 aromatic carbocycles. The number of hydrogen-bond donors (Lipinski definition) is 0. The van der Waals surface area contributed by atoms with E-state index in [2.05, 4.69) is 64.1 Å². The summed E-state index contributed by atoms with van der Waals surface area (Å²) in [6.45, 7) is 2.62. The molecule has 5 aromatic rings. The highest BCUT2D eigenvalue weighted by Gasteiger charge is 2.33. The number of piperidine rings is 1. The lowest BCUT2D eigenvalue weighted by Gasteiger charge is -2.36. The summed E-state index contributed by atoms with van der Waals surface area (Å²) in [6, 6.07) is 28.4. The number of nitrogens with zero attached hydrogens (tertiary/aromatic N) is 6. The van der Waals surface area contributed by atoms with Crippen molar-refractivity contribution in [1.29, 1.82) is 0 Å². The fraction of sp³-hybridized carbons (Fsp3) is 0.306. The van der Waals surface area contributed by atoms with Crippen molar-refractivity contribution in [2.45, 2.75) is 37.5 Å².